The molecule has 1 aliphatic heterocycles. The first kappa shape index (κ1) is 12.2. The minimum Gasteiger partial charge on any atom is -0.507 e. The van der Waals surface area contributed by atoms with Crippen LogP contribution in [0, 0.1) is 0 Å². The minimum atomic E-state index is -0.410. The van der Waals surface area contributed by atoms with Gasteiger partial charge >= 0.3 is 5.97 Å². The van der Waals surface area contributed by atoms with Gasteiger partial charge in [0.1, 0.15) is 11.5 Å². The maximum Gasteiger partial charge on any atom is 0.343 e. The Bertz CT molecular complexity index is 712. The number of ether oxygens (including phenoxy) is 1. The number of carbonyl (C=O) groups is 1. The fourth-order valence-corrected chi connectivity index (χ4v) is 2.01. The first-order valence-electron chi connectivity index (χ1n) is 6.23. The smallest absolute Gasteiger partial charge is 0.343 e. The fourth-order valence-electron chi connectivity index (χ4n) is 2.01. The average molecular weight is 264 g/mol. The van der Waals surface area contributed by atoms with Gasteiger partial charge in [-0.15, -0.1) is 0 Å². The number of aromatic hydroxyl groups is 1. The lowest BCUT2D eigenvalue weighted by Gasteiger charge is -2.00. The molecule has 2 aromatic rings. The summed E-state index contributed by atoms with van der Waals surface area (Å²) in [5.74, 6) is 0.249. The van der Waals surface area contributed by atoms with E-state index in [1.807, 2.05) is 30.3 Å². The number of hydrogen-bond donors (Lipinski definition) is 1. The molecule has 3 heteroatoms. The second kappa shape index (κ2) is 5.05. The zero-order chi connectivity index (χ0) is 13.9. The molecule has 3 nitrogen and oxygen atoms in total. The second-order valence-corrected chi connectivity index (χ2v) is 4.42. The van der Waals surface area contributed by atoms with Gasteiger partial charge in [0.15, 0.2) is 0 Å². The number of rotatable bonds is 2. The minimum absolute atomic E-state index is 0.134. The summed E-state index contributed by atoms with van der Waals surface area (Å²) in [5.41, 5.74) is 1.86. The van der Waals surface area contributed by atoms with Crippen molar-refractivity contribution in [2.45, 2.75) is 0 Å². The highest BCUT2D eigenvalue weighted by Crippen LogP contribution is 2.28. The molecule has 0 radical (unpaired) electrons. The van der Waals surface area contributed by atoms with Gasteiger partial charge in [-0.25, -0.2) is 4.79 Å². The summed E-state index contributed by atoms with van der Waals surface area (Å²) >= 11 is 0. The SMILES string of the molecule is O=C1OC(c2ccccc2)=C/C1=C\c1ccccc1O. The van der Waals surface area contributed by atoms with Gasteiger partial charge in [-0.1, -0.05) is 48.5 Å². The lowest BCUT2D eigenvalue weighted by molar-refractivity contribution is -0.130. The molecule has 0 fully saturated rings. The molecule has 0 amide bonds. The second-order valence-electron chi connectivity index (χ2n) is 4.42. The number of phenols is 1. The molecule has 1 heterocycles. The van der Waals surface area contributed by atoms with Crippen molar-refractivity contribution in [1.82, 2.24) is 0 Å². The van der Waals surface area contributed by atoms with E-state index in [0.717, 1.165) is 5.56 Å². The molecule has 0 bridgehead atoms. The number of cyclic esters (lactones) is 1. The van der Waals surface area contributed by atoms with Crippen LogP contribution in [0.3, 0.4) is 0 Å². The van der Waals surface area contributed by atoms with Crippen LogP contribution in [-0.4, -0.2) is 11.1 Å². The molecule has 2 aromatic carbocycles. The quantitative estimate of drug-likeness (QED) is 0.668. The van der Waals surface area contributed by atoms with Crippen LogP contribution in [0.15, 0.2) is 66.2 Å². The Morgan fingerprint density at radius 2 is 1.65 bits per heavy atom. The Balaban J connectivity index is 1.97. The third-order valence-corrected chi connectivity index (χ3v) is 3.03. The summed E-state index contributed by atoms with van der Waals surface area (Å²) in [5, 5.41) is 9.72. The Hall–Kier alpha value is -2.81. The van der Waals surface area contributed by atoms with Gasteiger partial charge in [-0.2, -0.15) is 0 Å². The molecule has 0 saturated carbocycles. The van der Waals surface area contributed by atoms with Gasteiger partial charge in [-0.3, -0.25) is 0 Å². The summed E-state index contributed by atoms with van der Waals surface area (Å²) < 4.78 is 5.24. The van der Waals surface area contributed by atoms with Crippen LogP contribution in [0.2, 0.25) is 0 Å². The van der Waals surface area contributed by atoms with E-state index in [4.69, 9.17) is 4.74 Å². The Morgan fingerprint density at radius 3 is 2.40 bits per heavy atom. The Morgan fingerprint density at radius 1 is 0.950 bits per heavy atom. The van der Waals surface area contributed by atoms with E-state index in [2.05, 4.69) is 0 Å². The molecular formula is C17H12O3. The highest BCUT2D eigenvalue weighted by molar-refractivity contribution is 6.05. The van der Waals surface area contributed by atoms with Crippen LogP contribution >= 0.6 is 0 Å². The maximum atomic E-state index is 11.8. The van der Waals surface area contributed by atoms with Crippen molar-refractivity contribution < 1.29 is 14.6 Å². The number of esters is 1. The molecule has 0 atom stereocenters. The molecule has 0 aliphatic carbocycles. The largest absolute Gasteiger partial charge is 0.507 e. The first-order chi connectivity index (χ1) is 9.74. The third kappa shape index (κ3) is 2.34. The Kier molecular flexibility index (Phi) is 3.09. The number of benzene rings is 2. The predicted octanol–water partition coefficient (Wildman–Crippen LogP) is 3.37. The van der Waals surface area contributed by atoms with Crippen molar-refractivity contribution in [3.05, 3.63) is 77.4 Å². The van der Waals surface area contributed by atoms with Crippen LogP contribution in [0.5, 0.6) is 5.75 Å². The van der Waals surface area contributed by atoms with E-state index in [1.165, 1.54) is 0 Å². The molecule has 98 valence electrons. The summed E-state index contributed by atoms with van der Waals surface area (Å²) in [6.45, 7) is 0. The summed E-state index contributed by atoms with van der Waals surface area (Å²) in [7, 11) is 0. The maximum absolute atomic E-state index is 11.8. The van der Waals surface area contributed by atoms with Crippen LogP contribution in [-0.2, 0) is 9.53 Å². The van der Waals surface area contributed by atoms with E-state index in [1.54, 1.807) is 36.4 Å². The molecule has 20 heavy (non-hydrogen) atoms. The number of hydrogen-bond acceptors (Lipinski definition) is 3. The lowest BCUT2D eigenvalue weighted by Crippen LogP contribution is -1.97. The van der Waals surface area contributed by atoms with Crippen LogP contribution < -0.4 is 0 Å². The zero-order valence-electron chi connectivity index (χ0n) is 10.6. The highest BCUT2D eigenvalue weighted by atomic mass is 16.5. The Labute approximate surface area is 116 Å². The molecule has 3 rings (SSSR count). The van der Waals surface area contributed by atoms with E-state index in [-0.39, 0.29) is 5.75 Å². The van der Waals surface area contributed by atoms with Crippen molar-refractivity contribution in [3.8, 4) is 5.75 Å². The van der Waals surface area contributed by atoms with Gasteiger partial charge < -0.3 is 9.84 Å². The van der Waals surface area contributed by atoms with Crippen molar-refractivity contribution in [2.24, 2.45) is 0 Å². The summed E-state index contributed by atoms with van der Waals surface area (Å²) in [6, 6.07) is 16.3. The number of carbonyl (C=O) groups excluding carboxylic acids is 1. The van der Waals surface area contributed by atoms with Crippen LogP contribution in [0.25, 0.3) is 11.8 Å². The summed E-state index contributed by atoms with van der Waals surface area (Å²) in [4.78, 5) is 11.8. The highest BCUT2D eigenvalue weighted by Gasteiger charge is 2.21. The standard InChI is InChI=1S/C17H12O3/c18-15-9-5-4-8-13(15)10-14-11-16(20-17(14)19)12-6-2-1-3-7-12/h1-11,18H/b14-10+. The molecule has 0 spiro atoms. The van der Waals surface area contributed by atoms with E-state index in [9.17, 15) is 9.90 Å². The third-order valence-electron chi connectivity index (χ3n) is 3.03. The number of para-hydroxylation sites is 1. The topological polar surface area (TPSA) is 46.5 Å². The molecule has 1 aliphatic rings. The van der Waals surface area contributed by atoms with Gasteiger partial charge in [0, 0.05) is 11.1 Å². The predicted molar refractivity (Wildman–Crippen MR) is 76.6 cm³/mol. The van der Waals surface area contributed by atoms with E-state index >= 15 is 0 Å². The lowest BCUT2D eigenvalue weighted by atomic mass is 10.1. The average Bonchev–Trinajstić information content (AvgIpc) is 2.84. The van der Waals surface area contributed by atoms with Crippen molar-refractivity contribution in [3.63, 3.8) is 0 Å². The van der Waals surface area contributed by atoms with Crippen LogP contribution in [0.4, 0.5) is 0 Å². The van der Waals surface area contributed by atoms with E-state index in [0.29, 0.717) is 16.9 Å². The van der Waals surface area contributed by atoms with Gasteiger partial charge in [0.2, 0.25) is 0 Å². The van der Waals surface area contributed by atoms with E-state index < -0.39 is 5.97 Å². The normalized spacial score (nSPS) is 16.1. The molecular weight excluding hydrogens is 252 g/mol. The molecule has 0 saturated heterocycles. The van der Waals surface area contributed by atoms with Crippen molar-refractivity contribution in [2.75, 3.05) is 0 Å². The zero-order valence-corrected chi connectivity index (χ0v) is 10.6. The van der Waals surface area contributed by atoms with Gasteiger partial charge in [-0.05, 0) is 18.2 Å². The first-order valence-corrected chi connectivity index (χ1v) is 6.23. The molecule has 1 N–H and O–H groups in total. The van der Waals surface area contributed by atoms with Gasteiger partial charge in [0.25, 0.3) is 0 Å². The van der Waals surface area contributed by atoms with Crippen LogP contribution in [0.1, 0.15) is 11.1 Å². The summed E-state index contributed by atoms with van der Waals surface area (Å²) in [6.07, 6.45) is 3.30. The molecule has 0 unspecified atom stereocenters. The number of phenolic OH excluding ortho intramolecular Hbond substituents is 1. The van der Waals surface area contributed by atoms with Crippen molar-refractivity contribution >= 4 is 17.8 Å². The van der Waals surface area contributed by atoms with Gasteiger partial charge in [0.05, 0.1) is 5.57 Å². The monoisotopic (exact) mass is 264 g/mol. The molecule has 0 aromatic heterocycles. The fraction of sp³-hybridized carbons (Fsp3) is 0. The van der Waals surface area contributed by atoms with Crippen molar-refractivity contribution in [1.29, 1.82) is 0 Å².